The van der Waals surface area contributed by atoms with E-state index in [4.69, 9.17) is 23.8 Å². The number of aryl methyl sites for hydroxylation is 1. The van der Waals surface area contributed by atoms with Crippen molar-refractivity contribution >= 4 is 17.6 Å². The summed E-state index contributed by atoms with van der Waals surface area (Å²) in [6.45, 7) is 2.01. The molecule has 9 nitrogen and oxygen atoms in total. The Bertz CT molecular complexity index is 1400. The molecule has 0 aromatic heterocycles. The first kappa shape index (κ1) is 25.2. The Morgan fingerprint density at radius 1 is 1.00 bits per heavy atom. The number of amides is 1. The predicted molar refractivity (Wildman–Crippen MR) is 142 cm³/mol. The average molecular weight is 531 g/mol. The molecule has 3 aromatic carbocycles. The molecule has 3 aliphatic rings. The molecule has 1 amide bonds. The molecule has 0 aliphatic carbocycles. The van der Waals surface area contributed by atoms with E-state index >= 15 is 0 Å². The summed E-state index contributed by atoms with van der Waals surface area (Å²) in [6.07, 6.45) is -1.73. The standard InChI is InChI=1S/C30H30N2O7/c1-18-10-15-23-22(16-18)26-30(17-37-23,29(34)36-4)27(39-31(26)2)24-25(38-21-8-6-5-7-9-21)28(33)32(24)19-11-13-20(35-3)14-12-19/h5-16,24-27H,17H2,1-4H3/t24-,25+,26+,27+,30+/m1/s1. The molecule has 2 saturated heterocycles. The third-order valence-corrected chi connectivity index (χ3v) is 7.89. The Labute approximate surface area is 226 Å². The first-order valence-electron chi connectivity index (χ1n) is 12.8. The number of rotatable bonds is 6. The lowest BCUT2D eigenvalue weighted by Crippen LogP contribution is -2.74. The second-order valence-corrected chi connectivity index (χ2v) is 10.1. The van der Waals surface area contributed by atoms with Crippen LogP contribution in [0.25, 0.3) is 0 Å². The number of β-lactam (4-membered cyclic amide) rings is 1. The summed E-state index contributed by atoms with van der Waals surface area (Å²) in [4.78, 5) is 35.6. The monoisotopic (exact) mass is 530 g/mol. The van der Waals surface area contributed by atoms with Gasteiger partial charge in [-0.25, -0.2) is 0 Å². The summed E-state index contributed by atoms with van der Waals surface area (Å²) in [6, 6.07) is 21.1. The maximum atomic E-state index is 13.8. The van der Waals surface area contributed by atoms with Crippen molar-refractivity contribution in [3.63, 3.8) is 0 Å². The summed E-state index contributed by atoms with van der Waals surface area (Å²) in [5.74, 6) is 1.19. The van der Waals surface area contributed by atoms with Crippen molar-refractivity contribution in [2.24, 2.45) is 5.41 Å². The van der Waals surface area contributed by atoms with Crippen LogP contribution in [0.15, 0.2) is 72.8 Å². The Kier molecular flexibility index (Phi) is 6.20. The molecule has 3 aliphatic heterocycles. The highest BCUT2D eigenvalue weighted by Gasteiger charge is 2.71. The van der Waals surface area contributed by atoms with Crippen molar-refractivity contribution in [1.82, 2.24) is 5.06 Å². The zero-order valence-corrected chi connectivity index (χ0v) is 22.2. The van der Waals surface area contributed by atoms with E-state index in [1.165, 1.54) is 7.11 Å². The van der Waals surface area contributed by atoms with Crippen LogP contribution in [0.5, 0.6) is 17.2 Å². The first-order chi connectivity index (χ1) is 18.9. The SMILES string of the molecule is COC(=O)[C@@]12COc3ccc(C)cc3[C@@H]1N(C)O[C@H]2[C@H]1[C@H](Oc2ccccc2)C(=O)N1c1ccc(OC)cc1. The van der Waals surface area contributed by atoms with Gasteiger partial charge in [-0.05, 0) is 49.4 Å². The first-order valence-corrected chi connectivity index (χ1v) is 12.8. The van der Waals surface area contributed by atoms with E-state index in [1.54, 1.807) is 60.5 Å². The number of nitrogens with zero attached hydrogens (tertiary/aromatic N) is 2. The summed E-state index contributed by atoms with van der Waals surface area (Å²) in [5, 5.41) is 1.69. The van der Waals surface area contributed by atoms with Crippen molar-refractivity contribution in [3.8, 4) is 17.2 Å². The molecular weight excluding hydrogens is 500 g/mol. The minimum Gasteiger partial charge on any atom is -0.497 e. The Morgan fingerprint density at radius 3 is 2.44 bits per heavy atom. The van der Waals surface area contributed by atoms with Crippen molar-refractivity contribution in [2.75, 3.05) is 32.8 Å². The number of benzene rings is 3. The molecule has 0 saturated carbocycles. The van der Waals surface area contributed by atoms with Gasteiger partial charge in [-0.2, -0.15) is 5.06 Å². The van der Waals surface area contributed by atoms with Crippen LogP contribution in [0.3, 0.4) is 0 Å². The number of fused-ring (bicyclic) bond motifs is 3. The van der Waals surface area contributed by atoms with Crippen LogP contribution < -0.4 is 19.1 Å². The van der Waals surface area contributed by atoms with Crippen molar-refractivity contribution in [2.45, 2.75) is 31.2 Å². The summed E-state index contributed by atoms with van der Waals surface area (Å²) < 4.78 is 23.1. The average Bonchev–Trinajstić information content (AvgIpc) is 3.27. The van der Waals surface area contributed by atoms with Crippen LogP contribution in [-0.2, 0) is 19.2 Å². The van der Waals surface area contributed by atoms with Crippen molar-refractivity contribution in [1.29, 1.82) is 0 Å². The fourth-order valence-electron chi connectivity index (χ4n) is 6.09. The van der Waals surface area contributed by atoms with Gasteiger partial charge in [-0.15, -0.1) is 0 Å². The summed E-state index contributed by atoms with van der Waals surface area (Å²) in [5.41, 5.74) is 1.23. The van der Waals surface area contributed by atoms with Gasteiger partial charge in [0.15, 0.2) is 5.41 Å². The minimum absolute atomic E-state index is 0.0224. The van der Waals surface area contributed by atoms with Gasteiger partial charge in [0.25, 0.3) is 5.91 Å². The molecular formula is C30H30N2O7. The molecule has 9 heteroatoms. The zero-order chi connectivity index (χ0) is 27.3. The molecule has 0 spiro atoms. The normalized spacial score (nSPS) is 27.6. The predicted octanol–water partition coefficient (Wildman–Crippen LogP) is 3.71. The molecule has 2 fully saturated rings. The Hall–Kier alpha value is -4.08. The van der Waals surface area contributed by atoms with Crippen LogP contribution in [0.2, 0.25) is 0 Å². The largest absolute Gasteiger partial charge is 0.497 e. The topological polar surface area (TPSA) is 86.8 Å². The highest BCUT2D eigenvalue weighted by atomic mass is 16.7. The van der Waals surface area contributed by atoms with E-state index in [-0.39, 0.29) is 12.5 Å². The minimum atomic E-state index is -1.27. The van der Waals surface area contributed by atoms with Crippen molar-refractivity contribution < 1.29 is 33.4 Å². The number of methoxy groups -OCH3 is 2. The van der Waals surface area contributed by atoms with Gasteiger partial charge >= 0.3 is 5.97 Å². The quantitative estimate of drug-likeness (QED) is 0.352. The van der Waals surface area contributed by atoms with Crippen LogP contribution in [0, 0.1) is 12.3 Å². The fraction of sp³-hybridized carbons (Fsp3) is 0.333. The van der Waals surface area contributed by atoms with Gasteiger partial charge in [-0.1, -0.05) is 35.9 Å². The summed E-state index contributed by atoms with van der Waals surface area (Å²) in [7, 11) is 4.74. The van der Waals surface area contributed by atoms with Gasteiger partial charge in [0.2, 0.25) is 6.10 Å². The molecule has 6 rings (SSSR count). The highest BCUT2D eigenvalue weighted by Crippen LogP contribution is 2.57. The van der Waals surface area contributed by atoms with Gasteiger partial charge in [0.05, 0.1) is 20.3 Å². The van der Waals surface area contributed by atoms with Gasteiger partial charge in [0.1, 0.15) is 36.0 Å². The van der Waals surface area contributed by atoms with Crippen LogP contribution in [0.4, 0.5) is 5.69 Å². The van der Waals surface area contributed by atoms with Crippen molar-refractivity contribution in [3.05, 3.63) is 83.9 Å². The molecule has 0 radical (unpaired) electrons. The lowest BCUT2D eigenvalue weighted by Gasteiger charge is -2.51. The maximum Gasteiger partial charge on any atom is 0.320 e. The zero-order valence-electron chi connectivity index (χ0n) is 22.2. The lowest BCUT2D eigenvalue weighted by molar-refractivity contribution is -0.179. The smallest absolute Gasteiger partial charge is 0.320 e. The molecule has 3 heterocycles. The van der Waals surface area contributed by atoms with Gasteiger partial charge in [-0.3, -0.25) is 19.3 Å². The second kappa shape index (κ2) is 9.59. The van der Waals surface area contributed by atoms with Crippen LogP contribution >= 0.6 is 0 Å². The lowest BCUT2D eigenvalue weighted by atomic mass is 9.67. The molecule has 3 aromatic rings. The number of hydrogen-bond donors (Lipinski definition) is 0. The van der Waals surface area contributed by atoms with Gasteiger partial charge in [0, 0.05) is 18.3 Å². The van der Waals surface area contributed by atoms with E-state index in [1.807, 2.05) is 43.3 Å². The number of para-hydroxylation sites is 1. The number of carbonyl (C=O) groups is 2. The third kappa shape index (κ3) is 3.84. The van der Waals surface area contributed by atoms with E-state index in [0.717, 1.165) is 11.1 Å². The van der Waals surface area contributed by atoms with E-state index in [2.05, 4.69) is 0 Å². The number of hydroxylamine groups is 2. The van der Waals surface area contributed by atoms with E-state index < -0.39 is 35.7 Å². The van der Waals surface area contributed by atoms with E-state index in [0.29, 0.717) is 22.9 Å². The fourth-order valence-corrected chi connectivity index (χ4v) is 6.09. The Morgan fingerprint density at radius 2 is 1.74 bits per heavy atom. The summed E-state index contributed by atoms with van der Waals surface area (Å²) >= 11 is 0. The number of anilines is 1. The molecule has 39 heavy (non-hydrogen) atoms. The number of esters is 1. The Balaban J connectivity index is 1.46. The van der Waals surface area contributed by atoms with Gasteiger partial charge < -0.3 is 18.9 Å². The number of carbonyl (C=O) groups excluding carboxylic acids is 2. The van der Waals surface area contributed by atoms with Crippen LogP contribution in [-0.4, -0.2) is 63.1 Å². The van der Waals surface area contributed by atoms with Crippen LogP contribution in [0.1, 0.15) is 17.2 Å². The van der Waals surface area contributed by atoms with E-state index in [9.17, 15) is 9.59 Å². The number of ether oxygens (including phenoxy) is 4. The highest BCUT2D eigenvalue weighted by molar-refractivity contribution is 6.05. The molecule has 0 N–H and O–H groups in total. The molecule has 0 unspecified atom stereocenters. The maximum absolute atomic E-state index is 13.8. The second-order valence-electron chi connectivity index (χ2n) is 10.1. The third-order valence-electron chi connectivity index (χ3n) is 7.89. The number of hydrogen-bond acceptors (Lipinski definition) is 8. The molecule has 202 valence electrons. The molecule has 5 atom stereocenters. The molecule has 0 bridgehead atoms.